The van der Waals surface area contributed by atoms with Crippen LogP contribution >= 0.6 is 0 Å². The number of hydrogen-bond acceptors (Lipinski definition) is 6. The highest BCUT2D eigenvalue weighted by Gasteiger charge is 2.19. The van der Waals surface area contributed by atoms with Crippen LogP contribution in [0.2, 0.25) is 0 Å². The van der Waals surface area contributed by atoms with Gasteiger partial charge in [0, 0.05) is 13.1 Å². The molecule has 0 atom stereocenters. The van der Waals surface area contributed by atoms with Crippen molar-refractivity contribution in [3.8, 4) is 6.01 Å². The van der Waals surface area contributed by atoms with Crippen LogP contribution in [0.3, 0.4) is 0 Å². The van der Waals surface area contributed by atoms with E-state index in [1.807, 2.05) is 20.8 Å². The maximum atomic E-state index is 5.68. The molecule has 0 spiro atoms. The van der Waals surface area contributed by atoms with Crippen molar-refractivity contribution in [2.75, 3.05) is 23.7 Å². The summed E-state index contributed by atoms with van der Waals surface area (Å²) >= 11 is 0. The topological polar surface area (TPSA) is 77.2 Å². The summed E-state index contributed by atoms with van der Waals surface area (Å²) in [7, 11) is 0. The van der Waals surface area contributed by atoms with Crippen molar-refractivity contribution < 1.29 is 4.74 Å². The number of anilines is 2. The Kier molecular flexibility index (Phi) is 3.04. The number of nitrogens with two attached hydrogens (primary N) is 1. The molecule has 2 rings (SSSR count). The minimum Gasteiger partial charge on any atom is -0.458 e. The average Bonchev–Trinajstić information content (AvgIpc) is 2.65. The Morgan fingerprint density at radius 2 is 1.76 bits per heavy atom. The number of hydrogen-bond donors (Lipinski definition) is 1. The maximum Gasteiger partial charge on any atom is 0.323 e. The molecule has 0 aliphatic carbocycles. The van der Waals surface area contributed by atoms with Crippen LogP contribution in [0.15, 0.2) is 0 Å². The first-order valence-corrected chi connectivity index (χ1v) is 5.89. The second kappa shape index (κ2) is 4.35. The molecule has 94 valence electrons. The van der Waals surface area contributed by atoms with Crippen LogP contribution in [0.1, 0.15) is 33.6 Å². The van der Waals surface area contributed by atoms with Crippen LogP contribution in [-0.4, -0.2) is 33.6 Å². The largest absolute Gasteiger partial charge is 0.458 e. The molecule has 17 heavy (non-hydrogen) atoms. The fraction of sp³-hybridized carbons (Fsp3) is 0.727. The molecule has 1 aliphatic heterocycles. The predicted molar refractivity (Wildman–Crippen MR) is 66.1 cm³/mol. The summed E-state index contributed by atoms with van der Waals surface area (Å²) in [4.78, 5) is 14.6. The summed E-state index contributed by atoms with van der Waals surface area (Å²) in [6.45, 7) is 7.78. The van der Waals surface area contributed by atoms with Crippen molar-refractivity contribution >= 4 is 11.9 Å². The Labute approximate surface area is 101 Å². The van der Waals surface area contributed by atoms with Gasteiger partial charge in [-0.1, -0.05) is 0 Å². The van der Waals surface area contributed by atoms with Gasteiger partial charge in [-0.2, -0.15) is 15.0 Å². The van der Waals surface area contributed by atoms with Gasteiger partial charge in [0.15, 0.2) is 0 Å². The number of aromatic nitrogens is 3. The zero-order chi connectivity index (χ0) is 12.5. The van der Waals surface area contributed by atoms with Crippen molar-refractivity contribution in [1.29, 1.82) is 0 Å². The molecule has 1 aromatic rings. The van der Waals surface area contributed by atoms with Crippen LogP contribution in [0.25, 0.3) is 0 Å². The molecular weight excluding hydrogens is 218 g/mol. The Balaban J connectivity index is 2.22. The van der Waals surface area contributed by atoms with E-state index in [1.54, 1.807) is 0 Å². The molecule has 2 heterocycles. The Morgan fingerprint density at radius 1 is 1.12 bits per heavy atom. The van der Waals surface area contributed by atoms with E-state index in [0.717, 1.165) is 13.1 Å². The van der Waals surface area contributed by atoms with Gasteiger partial charge in [0.2, 0.25) is 11.9 Å². The lowest BCUT2D eigenvalue weighted by Crippen LogP contribution is -2.26. The molecule has 1 aliphatic rings. The lowest BCUT2D eigenvalue weighted by molar-refractivity contribution is 0.117. The molecule has 0 saturated carbocycles. The van der Waals surface area contributed by atoms with Gasteiger partial charge in [-0.05, 0) is 33.6 Å². The maximum absolute atomic E-state index is 5.68. The van der Waals surface area contributed by atoms with Gasteiger partial charge in [0.05, 0.1) is 0 Å². The van der Waals surface area contributed by atoms with Crippen LogP contribution < -0.4 is 15.4 Å². The minimum absolute atomic E-state index is 0.209. The minimum atomic E-state index is -0.337. The SMILES string of the molecule is CC(C)(C)Oc1nc(N)nc(N2CCCC2)n1. The highest BCUT2D eigenvalue weighted by atomic mass is 16.5. The summed E-state index contributed by atoms with van der Waals surface area (Å²) < 4.78 is 5.61. The highest BCUT2D eigenvalue weighted by molar-refractivity contribution is 5.36. The van der Waals surface area contributed by atoms with Gasteiger partial charge >= 0.3 is 6.01 Å². The quantitative estimate of drug-likeness (QED) is 0.833. The van der Waals surface area contributed by atoms with E-state index in [-0.39, 0.29) is 11.5 Å². The zero-order valence-corrected chi connectivity index (χ0v) is 10.6. The molecule has 0 unspecified atom stereocenters. The van der Waals surface area contributed by atoms with E-state index in [4.69, 9.17) is 10.5 Å². The van der Waals surface area contributed by atoms with Crippen molar-refractivity contribution in [2.24, 2.45) is 0 Å². The zero-order valence-electron chi connectivity index (χ0n) is 10.6. The molecule has 0 amide bonds. The number of ether oxygens (including phenoxy) is 1. The fourth-order valence-electron chi connectivity index (χ4n) is 1.74. The third-order valence-corrected chi connectivity index (χ3v) is 2.41. The van der Waals surface area contributed by atoms with E-state index >= 15 is 0 Å². The Hall–Kier alpha value is -1.59. The highest BCUT2D eigenvalue weighted by Crippen LogP contribution is 2.20. The summed E-state index contributed by atoms with van der Waals surface area (Å²) in [5, 5.41) is 0. The molecule has 2 N–H and O–H groups in total. The van der Waals surface area contributed by atoms with E-state index < -0.39 is 0 Å². The Morgan fingerprint density at radius 3 is 2.35 bits per heavy atom. The molecule has 6 nitrogen and oxygen atoms in total. The average molecular weight is 237 g/mol. The molecule has 1 fully saturated rings. The van der Waals surface area contributed by atoms with Crippen molar-refractivity contribution in [3.63, 3.8) is 0 Å². The Bertz CT molecular complexity index is 395. The summed E-state index contributed by atoms with van der Waals surface area (Å²) in [5.74, 6) is 0.829. The first-order chi connectivity index (χ1) is 7.94. The third kappa shape index (κ3) is 3.18. The fourth-order valence-corrected chi connectivity index (χ4v) is 1.74. The molecule has 1 saturated heterocycles. The molecular formula is C11H19N5O. The van der Waals surface area contributed by atoms with Crippen molar-refractivity contribution in [3.05, 3.63) is 0 Å². The van der Waals surface area contributed by atoms with Gasteiger partial charge in [0.1, 0.15) is 5.60 Å². The third-order valence-electron chi connectivity index (χ3n) is 2.41. The van der Waals surface area contributed by atoms with Crippen LogP contribution in [0.4, 0.5) is 11.9 Å². The van der Waals surface area contributed by atoms with Crippen LogP contribution in [0, 0.1) is 0 Å². The van der Waals surface area contributed by atoms with Crippen molar-refractivity contribution in [2.45, 2.75) is 39.2 Å². The van der Waals surface area contributed by atoms with Gasteiger partial charge in [-0.3, -0.25) is 0 Å². The van der Waals surface area contributed by atoms with Gasteiger partial charge in [-0.15, -0.1) is 0 Å². The summed E-state index contributed by atoms with van der Waals surface area (Å²) in [6, 6.07) is 0.298. The molecule has 1 aromatic heterocycles. The first kappa shape index (κ1) is 11.9. The van der Waals surface area contributed by atoms with Crippen LogP contribution in [0.5, 0.6) is 6.01 Å². The molecule has 0 bridgehead atoms. The van der Waals surface area contributed by atoms with E-state index in [0.29, 0.717) is 12.0 Å². The smallest absolute Gasteiger partial charge is 0.323 e. The molecule has 6 heteroatoms. The summed E-state index contributed by atoms with van der Waals surface area (Å²) in [5.41, 5.74) is 5.34. The first-order valence-electron chi connectivity index (χ1n) is 5.89. The lowest BCUT2D eigenvalue weighted by Gasteiger charge is -2.21. The van der Waals surface area contributed by atoms with Crippen molar-refractivity contribution in [1.82, 2.24) is 15.0 Å². The van der Waals surface area contributed by atoms with E-state index in [9.17, 15) is 0 Å². The second-order valence-corrected chi connectivity index (χ2v) is 5.18. The number of nitrogen functional groups attached to an aromatic ring is 1. The van der Waals surface area contributed by atoms with Gasteiger partial charge in [0.25, 0.3) is 0 Å². The normalized spacial score (nSPS) is 16.3. The molecule has 0 aromatic carbocycles. The molecule has 0 radical (unpaired) electrons. The van der Waals surface area contributed by atoms with E-state index in [1.165, 1.54) is 12.8 Å². The monoisotopic (exact) mass is 237 g/mol. The lowest BCUT2D eigenvalue weighted by atomic mass is 10.2. The summed E-state index contributed by atoms with van der Waals surface area (Å²) in [6.07, 6.45) is 2.34. The van der Waals surface area contributed by atoms with Gasteiger partial charge < -0.3 is 15.4 Å². The van der Waals surface area contributed by atoms with Gasteiger partial charge in [-0.25, -0.2) is 0 Å². The number of rotatable bonds is 2. The second-order valence-electron chi connectivity index (χ2n) is 5.18. The number of nitrogens with zero attached hydrogens (tertiary/aromatic N) is 4. The predicted octanol–water partition coefficient (Wildman–Crippen LogP) is 1.23. The van der Waals surface area contributed by atoms with E-state index in [2.05, 4.69) is 19.9 Å². The standard InChI is InChI=1S/C11H19N5O/c1-11(2,3)17-10-14-8(12)13-9(15-10)16-6-4-5-7-16/h4-7H2,1-3H3,(H2,12,13,14,15). The van der Waals surface area contributed by atoms with Crippen LogP contribution in [-0.2, 0) is 0 Å².